The van der Waals surface area contributed by atoms with Crippen molar-refractivity contribution in [3.8, 4) is 11.8 Å². The van der Waals surface area contributed by atoms with Gasteiger partial charge in [-0.2, -0.15) is 9.98 Å². The number of sulfonamides is 1. The molecule has 1 saturated carbocycles. The van der Waals surface area contributed by atoms with Gasteiger partial charge in [0.25, 0.3) is 0 Å². The molecule has 2 rings (SSSR count). The summed E-state index contributed by atoms with van der Waals surface area (Å²) in [5, 5.41) is 9.08. The second kappa shape index (κ2) is 5.12. The normalized spacial score (nSPS) is 17.3. The molecule has 102 valence electrons. The van der Waals surface area contributed by atoms with Crippen LogP contribution >= 0.6 is 15.9 Å². The van der Waals surface area contributed by atoms with Gasteiger partial charge >= 0.3 is 0 Å². The lowest BCUT2D eigenvalue weighted by molar-refractivity contribution is 0.296. The predicted molar refractivity (Wildman–Crippen MR) is 73.2 cm³/mol. The van der Waals surface area contributed by atoms with E-state index in [0.717, 1.165) is 6.42 Å². The highest BCUT2D eigenvalue weighted by molar-refractivity contribution is 9.10. The van der Waals surface area contributed by atoms with Crippen molar-refractivity contribution < 1.29 is 13.2 Å². The van der Waals surface area contributed by atoms with Gasteiger partial charge in [0.05, 0.1) is 22.5 Å². The summed E-state index contributed by atoms with van der Waals surface area (Å²) in [6.07, 6.45) is 1.97. The molecule has 0 bridgehead atoms. The van der Waals surface area contributed by atoms with Crippen molar-refractivity contribution in [2.75, 3.05) is 7.11 Å². The fraction of sp³-hybridized carbons (Fsp3) is 0.417. The number of methoxy groups -OCH3 is 1. The molecule has 1 aliphatic rings. The third-order valence-electron chi connectivity index (χ3n) is 3.18. The first-order chi connectivity index (χ1) is 8.92. The summed E-state index contributed by atoms with van der Waals surface area (Å²) in [7, 11) is -2.19. The van der Waals surface area contributed by atoms with Crippen molar-refractivity contribution in [1.82, 2.24) is 4.72 Å². The van der Waals surface area contributed by atoms with Crippen LogP contribution in [0.2, 0.25) is 0 Å². The summed E-state index contributed by atoms with van der Waals surface area (Å²) in [5.41, 5.74) is -0.939. The Hall–Kier alpha value is -1.10. The number of hydrogen-bond acceptors (Lipinski definition) is 4. The maximum Gasteiger partial charge on any atom is 0.241 e. The van der Waals surface area contributed by atoms with Crippen LogP contribution in [0.5, 0.6) is 5.75 Å². The molecular weight excluding hydrogens is 332 g/mol. The first-order valence-electron chi connectivity index (χ1n) is 5.71. The second-order valence-electron chi connectivity index (χ2n) is 4.45. The molecule has 19 heavy (non-hydrogen) atoms. The summed E-state index contributed by atoms with van der Waals surface area (Å²) < 4.78 is 32.5. The summed E-state index contributed by atoms with van der Waals surface area (Å²) in [6.45, 7) is 0. The fourth-order valence-corrected chi connectivity index (χ4v) is 3.99. The summed E-state index contributed by atoms with van der Waals surface area (Å²) in [6, 6.07) is 6.54. The zero-order valence-electron chi connectivity index (χ0n) is 10.3. The number of halogens is 1. The van der Waals surface area contributed by atoms with Crippen LogP contribution in [0.4, 0.5) is 0 Å². The Kier molecular flexibility index (Phi) is 3.85. The minimum absolute atomic E-state index is 0.113. The highest BCUT2D eigenvalue weighted by atomic mass is 79.9. The van der Waals surface area contributed by atoms with Gasteiger partial charge in [-0.3, -0.25) is 0 Å². The van der Waals surface area contributed by atoms with Gasteiger partial charge in [-0.15, -0.1) is 0 Å². The van der Waals surface area contributed by atoms with Crippen LogP contribution in [0, 0.1) is 11.3 Å². The Balaban J connectivity index is 2.30. The van der Waals surface area contributed by atoms with Crippen molar-refractivity contribution in [1.29, 1.82) is 5.26 Å². The van der Waals surface area contributed by atoms with E-state index < -0.39 is 15.6 Å². The number of benzene rings is 1. The number of ether oxygens (including phenoxy) is 1. The molecular formula is C12H13BrN2O3S. The number of rotatable bonds is 4. The molecule has 0 aromatic heterocycles. The molecule has 1 aromatic rings. The smallest absolute Gasteiger partial charge is 0.241 e. The van der Waals surface area contributed by atoms with Gasteiger partial charge < -0.3 is 4.74 Å². The Labute approximate surface area is 120 Å². The first kappa shape index (κ1) is 14.3. The SMILES string of the molecule is COc1ccc(S(=O)(=O)NC2(C#N)CCC2)cc1Br. The van der Waals surface area contributed by atoms with Gasteiger partial charge in [0, 0.05) is 0 Å². The minimum atomic E-state index is -3.70. The molecule has 0 heterocycles. The van der Waals surface area contributed by atoms with Crippen molar-refractivity contribution in [3.63, 3.8) is 0 Å². The van der Waals surface area contributed by atoms with Crippen molar-refractivity contribution in [2.45, 2.75) is 29.7 Å². The van der Waals surface area contributed by atoms with Crippen LogP contribution in [-0.2, 0) is 10.0 Å². The van der Waals surface area contributed by atoms with Crippen LogP contribution in [0.3, 0.4) is 0 Å². The molecule has 0 radical (unpaired) electrons. The van der Waals surface area contributed by atoms with E-state index >= 15 is 0 Å². The maximum absolute atomic E-state index is 12.2. The Morgan fingerprint density at radius 3 is 2.58 bits per heavy atom. The van der Waals surface area contributed by atoms with Crippen LogP contribution in [0.15, 0.2) is 27.6 Å². The third kappa shape index (κ3) is 2.76. The first-order valence-corrected chi connectivity index (χ1v) is 7.99. The van der Waals surface area contributed by atoms with Gasteiger partial charge in [-0.1, -0.05) is 0 Å². The Morgan fingerprint density at radius 1 is 1.47 bits per heavy atom. The standard InChI is InChI=1S/C12H13BrN2O3S/c1-18-11-4-3-9(7-10(11)13)19(16,17)15-12(8-14)5-2-6-12/h3-4,7,15H,2,5-6H2,1H3. The summed E-state index contributed by atoms with van der Waals surface area (Å²) in [5.74, 6) is 0.553. The van der Waals surface area contributed by atoms with E-state index in [4.69, 9.17) is 10.00 Å². The molecule has 1 fully saturated rings. The lowest BCUT2D eigenvalue weighted by atomic mass is 9.79. The highest BCUT2D eigenvalue weighted by Crippen LogP contribution is 2.33. The molecule has 1 aromatic carbocycles. The van der Waals surface area contributed by atoms with Crippen molar-refractivity contribution in [3.05, 3.63) is 22.7 Å². The number of hydrogen-bond donors (Lipinski definition) is 1. The van der Waals surface area contributed by atoms with Crippen LogP contribution in [-0.4, -0.2) is 21.1 Å². The summed E-state index contributed by atoms with van der Waals surface area (Å²) >= 11 is 3.25. The number of nitriles is 1. The molecule has 5 nitrogen and oxygen atoms in total. The molecule has 0 saturated heterocycles. The van der Waals surface area contributed by atoms with E-state index in [1.54, 1.807) is 6.07 Å². The van der Waals surface area contributed by atoms with Gasteiger partial charge in [-0.05, 0) is 53.4 Å². The average Bonchev–Trinajstić information content (AvgIpc) is 2.34. The summed E-state index contributed by atoms with van der Waals surface area (Å²) in [4.78, 5) is 0.113. The van der Waals surface area contributed by atoms with Gasteiger partial charge in [0.1, 0.15) is 11.3 Å². The van der Waals surface area contributed by atoms with Crippen molar-refractivity contribution in [2.24, 2.45) is 0 Å². The topological polar surface area (TPSA) is 79.2 Å². The van der Waals surface area contributed by atoms with E-state index in [1.807, 2.05) is 0 Å². The molecule has 0 amide bonds. The molecule has 1 aliphatic carbocycles. The van der Waals surface area contributed by atoms with E-state index in [9.17, 15) is 8.42 Å². The molecule has 1 N–H and O–H groups in total. The molecule has 7 heteroatoms. The lowest BCUT2D eigenvalue weighted by Gasteiger charge is -2.35. The zero-order chi connectivity index (χ0) is 14.1. The van der Waals surface area contributed by atoms with E-state index in [2.05, 4.69) is 26.7 Å². The number of nitrogens with one attached hydrogen (secondary N) is 1. The number of nitrogens with zero attached hydrogens (tertiary/aromatic N) is 1. The maximum atomic E-state index is 12.2. The van der Waals surface area contributed by atoms with Crippen LogP contribution in [0.25, 0.3) is 0 Å². The lowest BCUT2D eigenvalue weighted by Crippen LogP contribution is -2.52. The largest absolute Gasteiger partial charge is 0.496 e. The fourth-order valence-electron chi connectivity index (χ4n) is 1.90. The third-order valence-corrected chi connectivity index (χ3v) is 5.34. The monoisotopic (exact) mass is 344 g/mol. The van der Waals surface area contributed by atoms with Gasteiger partial charge in [0.15, 0.2) is 0 Å². The van der Waals surface area contributed by atoms with Crippen molar-refractivity contribution >= 4 is 26.0 Å². The predicted octanol–water partition coefficient (Wildman–Crippen LogP) is 2.18. The highest BCUT2D eigenvalue weighted by Gasteiger charge is 2.41. The second-order valence-corrected chi connectivity index (χ2v) is 6.99. The Bertz CT molecular complexity index is 633. The van der Waals surface area contributed by atoms with E-state index in [0.29, 0.717) is 23.1 Å². The molecule has 0 unspecified atom stereocenters. The average molecular weight is 345 g/mol. The van der Waals surface area contributed by atoms with Gasteiger partial charge in [0.2, 0.25) is 10.0 Å². The van der Waals surface area contributed by atoms with E-state index in [-0.39, 0.29) is 4.90 Å². The van der Waals surface area contributed by atoms with E-state index in [1.165, 1.54) is 19.2 Å². The van der Waals surface area contributed by atoms with Crippen LogP contribution in [0.1, 0.15) is 19.3 Å². The molecule has 0 aliphatic heterocycles. The van der Waals surface area contributed by atoms with Crippen LogP contribution < -0.4 is 9.46 Å². The quantitative estimate of drug-likeness (QED) is 0.907. The minimum Gasteiger partial charge on any atom is -0.496 e. The zero-order valence-corrected chi connectivity index (χ0v) is 12.7. The Morgan fingerprint density at radius 2 is 2.16 bits per heavy atom. The van der Waals surface area contributed by atoms with Gasteiger partial charge in [-0.25, -0.2) is 8.42 Å². The molecule has 0 spiro atoms. The molecule has 0 atom stereocenters.